The molecule has 1 fully saturated rings. The first-order valence-electron chi connectivity index (χ1n) is 9.33. The zero-order chi connectivity index (χ0) is 18.4. The van der Waals surface area contributed by atoms with Gasteiger partial charge in [-0.05, 0) is 63.5 Å². The van der Waals surface area contributed by atoms with Crippen molar-refractivity contribution in [2.24, 2.45) is 0 Å². The number of aryl methyl sites for hydroxylation is 1. The fourth-order valence-electron chi connectivity index (χ4n) is 3.30. The van der Waals surface area contributed by atoms with Crippen LogP contribution in [0.5, 0.6) is 0 Å². The summed E-state index contributed by atoms with van der Waals surface area (Å²) in [6, 6.07) is 8.43. The second kappa shape index (κ2) is 9.53. The number of carbonyl (C=O) groups is 1. The molecule has 0 unspecified atom stereocenters. The van der Waals surface area contributed by atoms with Gasteiger partial charge in [-0.1, -0.05) is 6.92 Å². The summed E-state index contributed by atoms with van der Waals surface area (Å²) in [6.45, 7) is 7.02. The second-order valence-electron chi connectivity index (χ2n) is 6.65. The van der Waals surface area contributed by atoms with E-state index in [1.165, 1.54) is 4.90 Å². The summed E-state index contributed by atoms with van der Waals surface area (Å²) in [5, 5.41) is 6.60. The first-order valence-corrected chi connectivity index (χ1v) is 11.2. The summed E-state index contributed by atoms with van der Waals surface area (Å²) in [5.74, 6) is 1.04. The Labute approximate surface area is 164 Å². The minimum absolute atomic E-state index is 0.172. The molecule has 1 amide bonds. The van der Waals surface area contributed by atoms with Crippen LogP contribution < -0.4 is 5.32 Å². The highest BCUT2D eigenvalue weighted by atomic mass is 32.2. The van der Waals surface area contributed by atoms with Crippen molar-refractivity contribution in [1.29, 1.82) is 0 Å². The maximum Gasteiger partial charge on any atom is 0.254 e. The molecule has 0 atom stereocenters. The van der Waals surface area contributed by atoms with E-state index in [1.54, 1.807) is 23.1 Å². The monoisotopic (exact) mass is 389 g/mol. The van der Waals surface area contributed by atoms with Gasteiger partial charge < -0.3 is 10.2 Å². The molecule has 6 heteroatoms. The Hall–Kier alpha value is -1.37. The smallest absolute Gasteiger partial charge is 0.254 e. The Kier molecular flexibility index (Phi) is 7.11. The van der Waals surface area contributed by atoms with Gasteiger partial charge in [-0.15, -0.1) is 23.1 Å². The number of piperidine rings is 1. The zero-order valence-electron chi connectivity index (χ0n) is 15.5. The predicted octanol–water partition coefficient (Wildman–Crippen LogP) is 4.35. The van der Waals surface area contributed by atoms with Crippen LogP contribution in [-0.4, -0.2) is 41.5 Å². The van der Waals surface area contributed by atoms with Crippen LogP contribution >= 0.6 is 23.1 Å². The molecule has 1 aromatic carbocycles. The Morgan fingerprint density at radius 2 is 2.04 bits per heavy atom. The van der Waals surface area contributed by atoms with Gasteiger partial charge in [0, 0.05) is 34.2 Å². The Morgan fingerprint density at radius 3 is 2.65 bits per heavy atom. The lowest BCUT2D eigenvalue weighted by atomic mass is 10.0. The summed E-state index contributed by atoms with van der Waals surface area (Å²) >= 11 is 3.45. The molecule has 1 saturated heterocycles. The molecule has 0 aliphatic carbocycles. The number of carbonyl (C=O) groups excluding carboxylic acids is 1. The molecule has 140 valence electrons. The van der Waals surface area contributed by atoms with Crippen molar-refractivity contribution < 1.29 is 4.79 Å². The molecule has 1 aromatic heterocycles. The average Bonchev–Trinajstić information content (AvgIpc) is 3.10. The largest absolute Gasteiger partial charge is 0.336 e. The molecular formula is C20H27N3OS2. The molecule has 1 N–H and O–H groups in total. The van der Waals surface area contributed by atoms with Crippen molar-refractivity contribution in [3.05, 3.63) is 45.9 Å². The van der Waals surface area contributed by atoms with E-state index >= 15 is 0 Å². The van der Waals surface area contributed by atoms with Crippen LogP contribution in [0.1, 0.15) is 47.2 Å². The maximum absolute atomic E-state index is 13.0. The van der Waals surface area contributed by atoms with Crippen LogP contribution in [0.25, 0.3) is 0 Å². The fraction of sp³-hybridized carbons (Fsp3) is 0.500. The van der Waals surface area contributed by atoms with Gasteiger partial charge in [0.2, 0.25) is 0 Å². The SMILES string of the molecule is CCCN(C(=O)c1ccc(SCc2csc(C)n2)cc1)C1CCNCC1. The van der Waals surface area contributed by atoms with Gasteiger partial charge in [0.05, 0.1) is 10.7 Å². The fourth-order valence-corrected chi connectivity index (χ4v) is 4.81. The quantitative estimate of drug-likeness (QED) is 0.715. The van der Waals surface area contributed by atoms with Crippen LogP contribution in [0.3, 0.4) is 0 Å². The number of hydrogen-bond donors (Lipinski definition) is 1. The third-order valence-electron chi connectivity index (χ3n) is 4.63. The van der Waals surface area contributed by atoms with Gasteiger partial charge in [-0.3, -0.25) is 4.79 Å². The molecule has 26 heavy (non-hydrogen) atoms. The van der Waals surface area contributed by atoms with Crippen LogP contribution in [0.2, 0.25) is 0 Å². The standard InChI is InChI=1S/C20H27N3OS2/c1-3-12-23(18-8-10-21-11-9-18)20(24)16-4-6-19(7-5-16)26-14-17-13-25-15(2)22-17/h4-7,13,18,21H,3,8-12,14H2,1-2H3. The molecule has 2 aromatic rings. The summed E-state index contributed by atoms with van der Waals surface area (Å²) in [4.78, 5) is 20.8. The van der Waals surface area contributed by atoms with Gasteiger partial charge in [0.1, 0.15) is 0 Å². The lowest BCUT2D eigenvalue weighted by molar-refractivity contribution is 0.0642. The van der Waals surface area contributed by atoms with E-state index < -0.39 is 0 Å². The number of amides is 1. The molecule has 0 saturated carbocycles. The molecule has 1 aliphatic rings. The van der Waals surface area contributed by atoms with Gasteiger partial charge in [-0.2, -0.15) is 0 Å². The molecule has 1 aliphatic heterocycles. The van der Waals surface area contributed by atoms with E-state index in [0.29, 0.717) is 6.04 Å². The molecule has 2 heterocycles. The van der Waals surface area contributed by atoms with Gasteiger partial charge in [-0.25, -0.2) is 4.98 Å². The van der Waals surface area contributed by atoms with Gasteiger partial charge in [0.15, 0.2) is 0 Å². The van der Waals surface area contributed by atoms with Crippen LogP contribution in [0.4, 0.5) is 0 Å². The van der Waals surface area contributed by atoms with Crippen molar-refractivity contribution in [2.45, 2.75) is 49.8 Å². The molecule has 0 spiro atoms. The molecule has 0 radical (unpaired) electrons. The van der Waals surface area contributed by atoms with Crippen molar-refractivity contribution >= 4 is 29.0 Å². The van der Waals surface area contributed by atoms with E-state index in [9.17, 15) is 4.79 Å². The average molecular weight is 390 g/mol. The normalized spacial score (nSPS) is 15.2. The van der Waals surface area contributed by atoms with E-state index in [-0.39, 0.29) is 5.91 Å². The number of thiazole rings is 1. The minimum Gasteiger partial charge on any atom is -0.336 e. The first kappa shape index (κ1) is 19.4. The topological polar surface area (TPSA) is 45.2 Å². The van der Waals surface area contributed by atoms with Crippen LogP contribution in [0, 0.1) is 6.92 Å². The van der Waals surface area contributed by atoms with E-state index in [4.69, 9.17) is 0 Å². The van der Waals surface area contributed by atoms with Crippen molar-refractivity contribution in [3.63, 3.8) is 0 Å². The second-order valence-corrected chi connectivity index (χ2v) is 8.76. The number of hydrogen-bond acceptors (Lipinski definition) is 5. The minimum atomic E-state index is 0.172. The molecule has 3 rings (SSSR count). The van der Waals surface area contributed by atoms with Crippen molar-refractivity contribution in [1.82, 2.24) is 15.2 Å². The molecule has 0 bridgehead atoms. The number of rotatable bonds is 7. The van der Waals surface area contributed by atoms with Crippen molar-refractivity contribution in [3.8, 4) is 0 Å². The van der Waals surface area contributed by atoms with Crippen LogP contribution in [-0.2, 0) is 5.75 Å². The summed E-state index contributed by atoms with van der Waals surface area (Å²) in [5.41, 5.74) is 1.92. The highest BCUT2D eigenvalue weighted by molar-refractivity contribution is 7.98. The first-order chi connectivity index (χ1) is 12.7. The highest BCUT2D eigenvalue weighted by Gasteiger charge is 2.25. The summed E-state index contributed by atoms with van der Waals surface area (Å²) in [7, 11) is 0. The van der Waals surface area contributed by atoms with Crippen LogP contribution in [0.15, 0.2) is 34.5 Å². The Morgan fingerprint density at radius 1 is 1.31 bits per heavy atom. The van der Waals surface area contributed by atoms with Crippen molar-refractivity contribution in [2.75, 3.05) is 19.6 Å². The Balaban J connectivity index is 1.62. The summed E-state index contributed by atoms with van der Waals surface area (Å²) in [6.07, 6.45) is 3.09. The third-order valence-corrected chi connectivity index (χ3v) is 6.50. The number of benzene rings is 1. The Bertz CT molecular complexity index is 708. The lowest BCUT2D eigenvalue weighted by Crippen LogP contribution is -2.46. The number of thioether (sulfide) groups is 1. The van der Waals surface area contributed by atoms with E-state index in [0.717, 1.165) is 60.9 Å². The molecule has 4 nitrogen and oxygen atoms in total. The zero-order valence-corrected chi connectivity index (χ0v) is 17.2. The van der Waals surface area contributed by atoms with E-state index in [2.05, 4.69) is 39.6 Å². The maximum atomic E-state index is 13.0. The van der Waals surface area contributed by atoms with Gasteiger partial charge >= 0.3 is 0 Å². The highest BCUT2D eigenvalue weighted by Crippen LogP contribution is 2.25. The third kappa shape index (κ3) is 5.09. The van der Waals surface area contributed by atoms with Gasteiger partial charge in [0.25, 0.3) is 5.91 Å². The number of nitrogens with one attached hydrogen (secondary N) is 1. The summed E-state index contributed by atoms with van der Waals surface area (Å²) < 4.78 is 0. The lowest BCUT2D eigenvalue weighted by Gasteiger charge is -2.34. The molecular weight excluding hydrogens is 362 g/mol. The number of nitrogens with zero attached hydrogens (tertiary/aromatic N) is 2. The van der Waals surface area contributed by atoms with E-state index in [1.807, 2.05) is 19.1 Å². The predicted molar refractivity (Wildman–Crippen MR) is 110 cm³/mol. The number of aromatic nitrogens is 1.